The lowest BCUT2D eigenvalue weighted by Crippen LogP contribution is -2.54. The number of fused-ring (bicyclic) bond motifs is 1. The molecule has 3 heterocycles. The van der Waals surface area contributed by atoms with E-state index in [4.69, 9.17) is 11.6 Å². The summed E-state index contributed by atoms with van der Waals surface area (Å²) in [4.78, 5) is 34.8. The van der Waals surface area contributed by atoms with Gasteiger partial charge in [0.2, 0.25) is 0 Å². The summed E-state index contributed by atoms with van der Waals surface area (Å²) in [7, 11) is 2.18. The van der Waals surface area contributed by atoms with Crippen LogP contribution >= 0.6 is 11.6 Å². The summed E-state index contributed by atoms with van der Waals surface area (Å²) in [5.74, 6) is -0.0704. The molecule has 0 saturated carbocycles. The Morgan fingerprint density at radius 3 is 2.41 bits per heavy atom. The lowest BCUT2D eigenvalue weighted by atomic mass is 10.0. The van der Waals surface area contributed by atoms with E-state index >= 15 is 0 Å². The van der Waals surface area contributed by atoms with E-state index in [1.807, 2.05) is 41.3 Å². The van der Waals surface area contributed by atoms with Crippen molar-refractivity contribution >= 4 is 29.1 Å². The van der Waals surface area contributed by atoms with Crippen molar-refractivity contribution in [2.75, 3.05) is 51.2 Å². The molecule has 0 aromatic heterocycles. The predicted octanol–water partition coefficient (Wildman–Crippen LogP) is 3.35. The maximum absolute atomic E-state index is 13.2. The molecule has 2 aromatic rings. The average Bonchev–Trinajstić information content (AvgIpc) is 3.17. The van der Waals surface area contributed by atoms with Gasteiger partial charge in [0.05, 0.1) is 17.1 Å². The molecule has 32 heavy (non-hydrogen) atoms. The van der Waals surface area contributed by atoms with E-state index < -0.39 is 0 Å². The molecule has 0 spiro atoms. The molecule has 0 atom stereocenters. The largest absolute Gasteiger partial charge is 0.336 e. The first-order chi connectivity index (χ1) is 15.5. The minimum atomic E-state index is -0.109. The van der Waals surface area contributed by atoms with Crippen LogP contribution in [0.3, 0.4) is 0 Å². The van der Waals surface area contributed by atoms with Crippen LogP contribution in [-0.2, 0) is 6.54 Å². The number of amides is 2. The fourth-order valence-corrected chi connectivity index (χ4v) is 5.44. The molecule has 7 heteroatoms. The summed E-state index contributed by atoms with van der Waals surface area (Å²) in [6.07, 6.45) is 2.42. The first-order valence-electron chi connectivity index (χ1n) is 11.4. The number of rotatable bonds is 3. The van der Waals surface area contributed by atoms with Crippen LogP contribution in [0.2, 0.25) is 5.02 Å². The number of hydrogen-bond donors (Lipinski definition) is 0. The number of halogens is 1. The van der Waals surface area contributed by atoms with Gasteiger partial charge in [-0.15, -0.1) is 0 Å². The van der Waals surface area contributed by atoms with Gasteiger partial charge in [0.25, 0.3) is 11.8 Å². The van der Waals surface area contributed by atoms with E-state index in [0.29, 0.717) is 28.7 Å². The van der Waals surface area contributed by atoms with Gasteiger partial charge in [-0.2, -0.15) is 0 Å². The highest BCUT2D eigenvalue weighted by atomic mass is 35.5. The fraction of sp³-hybridized carbons (Fsp3) is 0.440. The van der Waals surface area contributed by atoms with E-state index in [1.54, 1.807) is 11.0 Å². The second kappa shape index (κ2) is 8.85. The summed E-state index contributed by atoms with van der Waals surface area (Å²) in [6, 6.07) is 13.6. The molecule has 0 aliphatic carbocycles. The molecule has 0 bridgehead atoms. The number of anilines is 1. The van der Waals surface area contributed by atoms with Crippen LogP contribution in [0.5, 0.6) is 0 Å². The normalized spacial score (nSPS) is 20.6. The van der Waals surface area contributed by atoms with Gasteiger partial charge < -0.3 is 14.7 Å². The molecule has 2 fully saturated rings. The second-order valence-corrected chi connectivity index (χ2v) is 9.49. The van der Waals surface area contributed by atoms with Crippen LogP contribution < -0.4 is 4.90 Å². The SMILES string of the molecule is CN1CCC(N2CCN(C(=O)c3cccc(N4Cc5cccc(Cl)c5C4=O)c3)CC2)CC1. The van der Waals surface area contributed by atoms with E-state index in [9.17, 15) is 9.59 Å². The van der Waals surface area contributed by atoms with Gasteiger partial charge in [0.15, 0.2) is 0 Å². The zero-order valence-electron chi connectivity index (χ0n) is 18.5. The molecular weight excluding hydrogens is 424 g/mol. The van der Waals surface area contributed by atoms with Gasteiger partial charge in [-0.1, -0.05) is 29.8 Å². The van der Waals surface area contributed by atoms with Crippen molar-refractivity contribution in [3.63, 3.8) is 0 Å². The number of hydrogen-bond acceptors (Lipinski definition) is 4. The maximum Gasteiger partial charge on any atom is 0.260 e. The highest BCUT2D eigenvalue weighted by Crippen LogP contribution is 2.33. The summed E-state index contributed by atoms with van der Waals surface area (Å²) in [6.45, 7) is 6.14. The fourth-order valence-electron chi connectivity index (χ4n) is 5.17. The zero-order valence-corrected chi connectivity index (χ0v) is 19.2. The summed E-state index contributed by atoms with van der Waals surface area (Å²) in [5, 5.41) is 0.477. The van der Waals surface area contributed by atoms with Crippen LogP contribution in [0.1, 0.15) is 39.1 Å². The Morgan fingerprint density at radius 2 is 1.69 bits per heavy atom. The molecule has 2 aromatic carbocycles. The molecule has 5 rings (SSSR count). The Kier molecular flexibility index (Phi) is 5.93. The molecule has 0 N–H and O–H groups in total. The Balaban J connectivity index is 1.25. The van der Waals surface area contributed by atoms with Crippen molar-refractivity contribution < 1.29 is 9.59 Å². The number of carbonyl (C=O) groups excluding carboxylic acids is 2. The Hall–Kier alpha value is -2.41. The summed E-state index contributed by atoms with van der Waals surface area (Å²) < 4.78 is 0. The minimum Gasteiger partial charge on any atom is -0.336 e. The standard InChI is InChI=1S/C25H29ClN4O2/c1-27-10-8-20(9-11-27)28-12-14-29(15-13-28)24(31)18-4-2-6-21(16-18)30-17-19-5-3-7-22(26)23(19)25(30)32/h2-7,16,20H,8-15,17H2,1H3. The average molecular weight is 453 g/mol. The molecule has 3 aliphatic rings. The summed E-state index contributed by atoms with van der Waals surface area (Å²) in [5.41, 5.74) is 2.85. The molecule has 0 unspecified atom stereocenters. The van der Waals surface area contributed by atoms with Crippen LogP contribution in [0.25, 0.3) is 0 Å². The molecule has 2 saturated heterocycles. The summed E-state index contributed by atoms with van der Waals surface area (Å²) >= 11 is 6.26. The van der Waals surface area contributed by atoms with Gasteiger partial charge in [0, 0.05) is 43.5 Å². The third-order valence-corrected chi connectivity index (χ3v) is 7.41. The number of piperazine rings is 1. The van der Waals surface area contributed by atoms with Crippen LogP contribution in [0.4, 0.5) is 5.69 Å². The van der Waals surface area contributed by atoms with E-state index in [2.05, 4.69) is 16.8 Å². The molecule has 6 nitrogen and oxygen atoms in total. The highest BCUT2D eigenvalue weighted by Gasteiger charge is 2.32. The highest BCUT2D eigenvalue weighted by molar-refractivity contribution is 6.35. The number of nitrogens with zero attached hydrogens (tertiary/aromatic N) is 4. The van der Waals surface area contributed by atoms with Gasteiger partial charge in [-0.05, 0) is 62.8 Å². The van der Waals surface area contributed by atoms with Crippen LogP contribution in [-0.4, -0.2) is 78.9 Å². The van der Waals surface area contributed by atoms with E-state index in [0.717, 1.165) is 50.5 Å². The number of benzene rings is 2. The number of carbonyl (C=O) groups is 2. The van der Waals surface area contributed by atoms with Crippen molar-refractivity contribution in [1.82, 2.24) is 14.7 Å². The Labute approximate surface area is 194 Å². The van der Waals surface area contributed by atoms with E-state index in [1.165, 1.54) is 12.8 Å². The van der Waals surface area contributed by atoms with Crippen molar-refractivity contribution in [3.8, 4) is 0 Å². The molecular formula is C25H29ClN4O2. The third kappa shape index (κ3) is 4.03. The van der Waals surface area contributed by atoms with Crippen LogP contribution in [0, 0.1) is 0 Å². The topological polar surface area (TPSA) is 47.1 Å². The van der Waals surface area contributed by atoms with Crippen molar-refractivity contribution in [2.45, 2.75) is 25.4 Å². The van der Waals surface area contributed by atoms with Gasteiger partial charge >= 0.3 is 0 Å². The smallest absolute Gasteiger partial charge is 0.260 e. The quantitative estimate of drug-likeness (QED) is 0.716. The van der Waals surface area contributed by atoms with Crippen LogP contribution in [0.15, 0.2) is 42.5 Å². The van der Waals surface area contributed by atoms with Crippen molar-refractivity contribution in [3.05, 3.63) is 64.2 Å². The van der Waals surface area contributed by atoms with Crippen molar-refractivity contribution in [2.24, 2.45) is 0 Å². The predicted molar refractivity (Wildman–Crippen MR) is 126 cm³/mol. The molecule has 0 radical (unpaired) electrons. The van der Waals surface area contributed by atoms with Gasteiger partial charge in [-0.25, -0.2) is 0 Å². The lowest BCUT2D eigenvalue weighted by Gasteiger charge is -2.42. The third-order valence-electron chi connectivity index (χ3n) is 7.10. The molecule has 2 amide bonds. The first-order valence-corrected chi connectivity index (χ1v) is 11.8. The lowest BCUT2D eigenvalue weighted by molar-refractivity contribution is 0.0475. The van der Waals surface area contributed by atoms with Crippen molar-refractivity contribution in [1.29, 1.82) is 0 Å². The number of likely N-dealkylation sites (tertiary alicyclic amines) is 1. The Bertz CT molecular complexity index is 1030. The van der Waals surface area contributed by atoms with E-state index in [-0.39, 0.29) is 11.8 Å². The Morgan fingerprint density at radius 1 is 0.969 bits per heavy atom. The zero-order chi connectivity index (χ0) is 22.2. The first kappa shape index (κ1) is 21.4. The second-order valence-electron chi connectivity index (χ2n) is 9.08. The monoisotopic (exact) mass is 452 g/mol. The minimum absolute atomic E-state index is 0.0390. The maximum atomic E-state index is 13.2. The van der Waals surface area contributed by atoms with Gasteiger partial charge in [0.1, 0.15) is 0 Å². The van der Waals surface area contributed by atoms with Gasteiger partial charge in [-0.3, -0.25) is 14.5 Å². The molecule has 168 valence electrons. The number of piperidine rings is 1. The molecule has 3 aliphatic heterocycles.